The monoisotopic (exact) mass is 473 g/mol. The van der Waals surface area contributed by atoms with Crippen molar-refractivity contribution >= 4 is 23.3 Å². The van der Waals surface area contributed by atoms with Gasteiger partial charge in [-0.15, -0.1) is 11.3 Å². The number of aromatic nitrogens is 1. The van der Waals surface area contributed by atoms with Gasteiger partial charge in [-0.1, -0.05) is 12.1 Å². The van der Waals surface area contributed by atoms with Crippen LogP contribution in [-0.2, 0) is 4.74 Å². The zero-order chi connectivity index (χ0) is 24.2. The van der Waals surface area contributed by atoms with Crippen LogP contribution in [0.3, 0.4) is 0 Å². The SMILES string of the molecule is COc1ccccc1-c1nc(C(=O)N2CCCC(CN(C(=O)OC(C)(C)C)C(C)C)C2)cs1. The van der Waals surface area contributed by atoms with Gasteiger partial charge in [0.1, 0.15) is 22.1 Å². The number of thiazole rings is 1. The number of nitrogens with zero attached hydrogens (tertiary/aromatic N) is 3. The first-order valence-electron chi connectivity index (χ1n) is 11.5. The fourth-order valence-corrected chi connectivity index (χ4v) is 4.80. The molecule has 0 N–H and O–H groups in total. The van der Waals surface area contributed by atoms with E-state index in [0.717, 1.165) is 29.2 Å². The minimum atomic E-state index is -0.539. The van der Waals surface area contributed by atoms with E-state index < -0.39 is 5.60 Å². The van der Waals surface area contributed by atoms with E-state index in [1.54, 1.807) is 12.0 Å². The summed E-state index contributed by atoms with van der Waals surface area (Å²) >= 11 is 1.44. The third-order valence-corrected chi connectivity index (χ3v) is 6.45. The largest absolute Gasteiger partial charge is 0.496 e. The number of benzene rings is 1. The minimum absolute atomic E-state index is 0.0212. The highest BCUT2D eigenvalue weighted by molar-refractivity contribution is 7.13. The highest BCUT2D eigenvalue weighted by atomic mass is 32.1. The number of rotatable bonds is 6. The van der Waals surface area contributed by atoms with E-state index in [1.807, 2.05) is 69.2 Å². The van der Waals surface area contributed by atoms with E-state index in [0.29, 0.717) is 25.3 Å². The number of hydrogen-bond acceptors (Lipinski definition) is 6. The van der Waals surface area contributed by atoms with E-state index in [-0.39, 0.29) is 24.0 Å². The Morgan fingerprint density at radius 1 is 1.27 bits per heavy atom. The average Bonchev–Trinajstić information content (AvgIpc) is 3.25. The van der Waals surface area contributed by atoms with Gasteiger partial charge in [-0.25, -0.2) is 9.78 Å². The zero-order valence-electron chi connectivity index (χ0n) is 20.5. The number of amides is 2. The summed E-state index contributed by atoms with van der Waals surface area (Å²) in [5.41, 5.74) is 0.794. The summed E-state index contributed by atoms with van der Waals surface area (Å²) in [6, 6.07) is 7.70. The van der Waals surface area contributed by atoms with Crippen molar-refractivity contribution in [2.45, 2.75) is 59.1 Å². The van der Waals surface area contributed by atoms with Gasteiger partial charge in [-0.2, -0.15) is 0 Å². The molecule has 1 atom stereocenters. The van der Waals surface area contributed by atoms with E-state index in [2.05, 4.69) is 4.98 Å². The van der Waals surface area contributed by atoms with Crippen LogP contribution in [0, 0.1) is 5.92 Å². The molecule has 7 nitrogen and oxygen atoms in total. The second-order valence-electron chi connectivity index (χ2n) is 9.72. The van der Waals surface area contributed by atoms with Gasteiger partial charge in [-0.05, 0) is 65.5 Å². The highest BCUT2D eigenvalue weighted by Gasteiger charge is 2.31. The molecule has 1 aliphatic heterocycles. The summed E-state index contributed by atoms with van der Waals surface area (Å²) in [4.78, 5) is 34.2. The quantitative estimate of drug-likeness (QED) is 0.568. The highest BCUT2D eigenvalue weighted by Crippen LogP contribution is 2.32. The molecule has 1 aliphatic rings. The van der Waals surface area contributed by atoms with Crippen LogP contribution in [-0.4, -0.2) is 65.2 Å². The normalized spacial score (nSPS) is 16.6. The minimum Gasteiger partial charge on any atom is -0.496 e. The number of para-hydroxylation sites is 1. The zero-order valence-corrected chi connectivity index (χ0v) is 21.3. The lowest BCUT2D eigenvalue weighted by Gasteiger charge is -2.37. The first-order valence-corrected chi connectivity index (χ1v) is 12.3. The number of likely N-dealkylation sites (tertiary alicyclic amines) is 1. The van der Waals surface area contributed by atoms with Gasteiger partial charge in [0.15, 0.2) is 0 Å². The first-order chi connectivity index (χ1) is 15.6. The smallest absolute Gasteiger partial charge is 0.410 e. The van der Waals surface area contributed by atoms with Gasteiger partial charge < -0.3 is 19.3 Å². The summed E-state index contributed by atoms with van der Waals surface area (Å²) < 4.78 is 11.0. The predicted octanol–water partition coefficient (Wildman–Crippen LogP) is 5.32. The molecule has 2 aromatic rings. The molecule has 33 heavy (non-hydrogen) atoms. The van der Waals surface area contributed by atoms with Crippen LogP contribution in [0.25, 0.3) is 10.6 Å². The number of methoxy groups -OCH3 is 1. The Bertz CT molecular complexity index is 967. The molecule has 1 aromatic carbocycles. The van der Waals surface area contributed by atoms with Gasteiger partial charge in [0.2, 0.25) is 0 Å². The van der Waals surface area contributed by atoms with Gasteiger partial charge in [-0.3, -0.25) is 4.79 Å². The first kappa shape index (κ1) is 25.0. The van der Waals surface area contributed by atoms with Gasteiger partial charge in [0.25, 0.3) is 5.91 Å². The second kappa shape index (κ2) is 10.5. The lowest BCUT2D eigenvalue weighted by atomic mass is 9.96. The molecule has 0 spiro atoms. The molecule has 2 heterocycles. The maximum atomic E-state index is 13.2. The number of carbonyl (C=O) groups is 2. The number of carbonyl (C=O) groups excluding carboxylic acids is 2. The van der Waals surface area contributed by atoms with E-state index in [9.17, 15) is 9.59 Å². The van der Waals surface area contributed by atoms with Crippen LogP contribution >= 0.6 is 11.3 Å². The van der Waals surface area contributed by atoms with Crippen LogP contribution in [0.15, 0.2) is 29.6 Å². The molecule has 0 saturated carbocycles. The molecule has 1 fully saturated rings. The Labute approximate surface area is 200 Å². The van der Waals surface area contributed by atoms with Crippen LogP contribution in [0.2, 0.25) is 0 Å². The molecule has 1 aromatic heterocycles. The standard InChI is InChI=1S/C25H35N3O4S/c1-17(2)28(24(30)32-25(3,4)5)15-18-10-9-13-27(14-18)23(29)20-16-33-22(26-20)19-11-7-8-12-21(19)31-6/h7-8,11-12,16-18H,9-10,13-15H2,1-6H3. The third kappa shape index (κ3) is 6.47. The van der Waals surface area contributed by atoms with E-state index in [1.165, 1.54) is 11.3 Å². The summed E-state index contributed by atoms with van der Waals surface area (Å²) in [6.45, 7) is 11.5. The van der Waals surface area contributed by atoms with Gasteiger partial charge in [0.05, 0.1) is 12.7 Å². The van der Waals surface area contributed by atoms with Crippen molar-refractivity contribution in [1.82, 2.24) is 14.8 Å². The van der Waals surface area contributed by atoms with Crippen molar-refractivity contribution in [3.05, 3.63) is 35.3 Å². The number of ether oxygens (including phenoxy) is 2. The Balaban J connectivity index is 1.68. The summed E-state index contributed by atoms with van der Waals surface area (Å²) in [7, 11) is 1.63. The van der Waals surface area contributed by atoms with Crippen molar-refractivity contribution < 1.29 is 19.1 Å². The fraction of sp³-hybridized carbons (Fsp3) is 0.560. The topological polar surface area (TPSA) is 72.0 Å². The molecule has 3 rings (SSSR count). The van der Waals surface area contributed by atoms with Crippen molar-refractivity contribution in [3.63, 3.8) is 0 Å². The third-order valence-electron chi connectivity index (χ3n) is 5.57. The summed E-state index contributed by atoms with van der Waals surface area (Å²) in [5, 5.41) is 2.58. The molecular weight excluding hydrogens is 438 g/mol. The molecule has 2 amide bonds. The maximum absolute atomic E-state index is 13.2. The van der Waals surface area contributed by atoms with Crippen molar-refractivity contribution in [2.24, 2.45) is 5.92 Å². The number of piperidine rings is 1. The molecule has 1 saturated heterocycles. The van der Waals surface area contributed by atoms with Crippen LogP contribution in [0.1, 0.15) is 57.9 Å². The lowest BCUT2D eigenvalue weighted by Crippen LogP contribution is -2.48. The predicted molar refractivity (Wildman–Crippen MR) is 131 cm³/mol. The molecule has 8 heteroatoms. The average molecular weight is 474 g/mol. The Hall–Kier alpha value is -2.61. The van der Waals surface area contributed by atoms with Crippen LogP contribution in [0.5, 0.6) is 5.75 Å². The van der Waals surface area contributed by atoms with Gasteiger partial charge in [0, 0.05) is 31.1 Å². The molecule has 180 valence electrons. The molecule has 0 aliphatic carbocycles. The van der Waals surface area contributed by atoms with Gasteiger partial charge >= 0.3 is 6.09 Å². The van der Waals surface area contributed by atoms with E-state index in [4.69, 9.17) is 9.47 Å². The van der Waals surface area contributed by atoms with Crippen molar-refractivity contribution in [3.8, 4) is 16.3 Å². The molecule has 1 unspecified atom stereocenters. The Morgan fingerprint density at radius 2 is 2.00 bits per heavy atom. The van der Waals surface area contributed by atoms with Crippen molar-refractivity contribution in [1.29, 1.82) is 0 Å². The van der Waals surface area contributed by atoms with E-state index >= 15 is 0 Å². The molecule has 0 radical (unpaired) electrons. The summed E-state index contributed by atoms with van der Waals surface area (Å²) in [5.74, 6) is 0.871. The second-order valence-corrected chi connectivity index (χ2v) is 10.6. The lowest BCUT2D eigenvalue weighted by molar-refractivity contribution is 0.0123. The Morgan fingerprint density at radius 3 is 2.67 bits per heavy atom. The van der Waals surface area contributed by atoms with Crippen LogP contribution < -0.4 is 4.74 Å². The fourth-order valence-electron chi connectivity index (χ4n) is 3.97. The Kier molecular flexibility index (Phi) is 8.00. The maximum Gasteiger partial charge on any atom is 0.410 e. The number of hydrogen-bond donors (Lipinski definition) is 0. The molecular formula is C25H35N3O4S. The van der Waals surface area contributed by atoms with Crippen LogP contribution in [0.4, 0.5) is 4.79 Å². The summed E-state index contributed by atoms with van der Waals surface area (Å²) in [6.07, 6.45) is 1.57. The molecule has 0 bridgehead atoms. The van der Waals surface area contributed by atoms with Crippen molar-refractivity contribution in [2.75, 3.05) is 26.7 Å².